The van der Waals surface area contributed by atoms with Crippen LogP contribution in [-0.2, 0) is 9.22 Å². The molecule has 2 unspecified atom stereocenters. The number of nitrogens with two attached hydrogens (primary N) is 1. The predicted molar refractivity (Wildman–Crippen MR) is 148 cm³/mol. The summed E-state index contributed by atoms with van der Waals surface area (Å²) in [7, 11) is -2.29. The molecule has 1 heterocycles. The largest absolute Gasteiger partial charge is 0.412 e. The third-order valence-electron chi connectivity index (χ3n) is 6.79. The molecule has 0 aliphatic carbocycles. The van der Waals surface area contributed by atoms with Gasteiger partial charge in [-0.3, -0.25) is 9.59 Å². The number of rotatable bonds is 7. The minimum atomic E-state index is -2.29. The Hall–Kier alpha value is -3.54. The van der Waals surface area contributed by atoms with Crippen molar-refractivity contribution in [2.75, 3.05) is 5.32 Å². The molecule has 8 nitrogen and oxygen atoms in total. The van der Waals surface area contributed by atoms with Crippen molar-refractivity contribution in [2.24, 2.45) is 5.84 Å². The van der Waals surface area contributed by atoms with Gasteiger partial charge in [0.2, 0.25) is 0 Å². The number of fused-ring (bicyclic) bond motifs is 1. The van der Waals surface area contributed by atoms with Gasteiger partial charge in [-0.05, 0) is 72.9 Å². The monoisotopic (exact) mass is 533 g/mol. The molecular weight excluding hydrogens is 502 g/mol. The maximum atomic E-state index is 13.7. The highest BCUT2D eigenvalue weighted by molar-refractivity contribution is 7.17. The first-order valence-electron chi connectivity index (χ1n) is 11.8. The zero-order valence-corrected chi connectivity index (χ0v) is 23.6. The van der Waals surface area contributed by atoms with Crippen LogP contribution in [0, 0.1) is 22.7 Å². The predicted octanol–water partition coefficient (Wildman–Crippen LogP) is 5.38. The van der Waals surface area contributed by atoms with Crippen molar-refractivity contribution < 1.29 is 14.0 Å². The Morgan fingerprint density at radius 2 is 1.73 bits per heavy atom. The van der Waals surface area contributed by atoms with E-state index in [9.17, 15) is 14.9 Å². The Bertz CT molecular complexity index is 1400. The van der Waals surface area contributed by atoms with E-state index in [0.29, 0.717) is 21.8 Å². The summed E-state index contributed by atoms with van der Waals surface area (Å²) in [4.78, 5) is 26.8. The summed E-state index contributed by atoms with van der Waals surface area (Å²) in [6.45, 7) is 12.3. The molecule has 2 aromatic carbocycles. The van der Waals surface area contributed by atoms with Gasteiger partial charge < -0.3 is 9.74 Å². The normalized spacial score (nSPS) is 13.3. The molecule has 10 heteroatoms. The van der Waals surface area contributed by atoms with Crippen molar-refractivity contribution >= 4 is 47.2 Å². The minimum Gasteiger partial charge on any atom is -0.412 e. The summed E-state index contributed by atoms with van der Waals surface area (Å²) < 4.78 is 7.34. The first-order valence-corrected chi connectivity index (χ1v) is 15.6. The second-order valence-electron chi connectivity index (χ2n) is 10.3. The van der Waals surface area contributed by atoms with Crippen LogP contribution in [0.15, 0.2) is 47.8 Å². The van der Waals surface area contributed by atoms with Gasteiger partial charge in [-0.1, -0.05) is 20.8 Å². The van der Waals surface area contributed by atoms with Crippen molar-refractivity contribution in [3.8, 4) is 12.1 Å². The number of carbonyl (C=O) groups excluding carboxylic acids is 2. The molecule has 37 heavy (non-hydrogen) atoms. The summed E-state index contributed by atoms with van der Waals surface area (Å²) in [6, 6.07) is 14.4. The fraction of sp³-hybridized carbons (Fsp3) is 0.333. The summed E-state index contributed by atoms with van der Waals surface area (Å²) in [5.74, 6) is 4.74. The van der Waals surface area contributed by atoms with E-state index in [2.05, 4.69) is 45.3 Å². The molecule has 0 aliphatic heterocycles. The van der Waals surface area contributed by atoms with Crippen LogP contribution in [0.2, 0.25) is 18.1 Å². The van der Waals surface area contributed by atoms with E-state index >= 15 is 0 Å². The first-order chi connectivity index (χ1) is 17.3. The summed E-state index contributed by atoms with van der Waals surface area (Å²) >= 11 is 1.44. The van der Waals surface area contributed by atoms with Gasteiger partial charge in [-0.25, -0.2) is 10.9 Å². The number of hydrazine groups is 1. The second kappa shape index (κ2) is 10.8. The van der Waals surface area contributed by atoms with Gasteiger partial charge in [0.15, 0.2) is 8.32 Å². The van der Waals surface area contributed by atoms with Crippen molar-refractivity contribution in [3.63, 3.8) is 0 Å². The van der Waals surface area contributed by atoms with Gasteiger partial charge in [0, 0.05) is 16.6 Å². The summed E-state index contributed by atoms with van der Waals surface area (Å²) in [6.07, 6.45) is -0.627. The van der Waals surface area contributed by atoms with E-state index in [-0.39, 0.29) is 10.6 Å². The van der Waals surface area contributed by atoms with E-state index < -0.39 is 32.3 Å². The standard InChI is InChI=1S/C27H31N5O3SSi/c1-17(35-37(5,6)27(2,3)4)23(31-22-12-11-20(16-29)24-21(22)13-14-36-24)26(34)32(30)25(33)19-9-7-18(15-28)8-10-19/h7-14,17,23,31H,30H2,1-6H3. The lowest BCUT2D eigenvalue weighted by Crippen LogP contribution is -2.56. The smallest absolute Gasteiger partial charge is 0.274 e. The molecule has 1 aromatic heterocycles. The van der Waals surface area contributed by atoms with Gasteiger partial charge in [0.1, 0.15) is 12.1 Å². The highest BCUT2D eigenvalue weighted by atomic mass is 32.1. The summed E-state index contributed by atoms with van der Waals surface area (Å²) in [5, 5.41) is 24.9. The van der Waals surface area contributed by atoms with E-state index in [1.165, 1.54) is 35.6 Å². The van der Waals surface area contributed by atoms with Crippen LogP contribution in [0.1, 0.15) is 49.2 Å². The molecule has 0 radical (unpaired) electrons. The molecule has 0 aliphatic rings. The maximum absolute atomic E-state index is 13.7. The van der Waals surface area contributed by atoms with Crippen LogP contribution < -0.4 is 11.2 Å². The van der Waals surface area contributed by atoms with Gasteiger partial charge in [0.05, 0.1) is 28.0 Å². The average molecular weight is 534 g/mol. The SMILES string of the molecule is CC(O[Si](C)(C)C(C)(C)C)C(Nc1ccc(C#N)c2sccc12)C(=O)N(N)C(=O)c1ccc(C#N)cc1. The number of nitriles is 2. The highest BCUT2D eigenvalue weighted by Crippen LogP contribution is 2.38. The molecule has 2 amide bonds. The van der Waals surface area contributed by atoms with Crippen molar-refractivity contribution in [1.82, 2.24) is 5.01 Å². The molecule has 3 aromatic rings. The molecule has 192 valence electrons. The second-order valence-corrected chi connectivity index (χ2v) is 16.0. The van der Waals surface area contributed by atoms with Crippen LogP contribution in [0.5, 0.6) is 0 Å². The third kappa shape index (κ3) is 5.90. The zero-order valence-electron chi connectivity index (χ0n) is 21.8. The molecule has 0 bridgehead atoms. The van der Waals surface area contributed by atoms with Crippen molar-refractivity contribution in [2.45, 2.75) is 58.0 Å². The van der Waals surface area contributed by atoms with Crippen LogP contribution in [0.4, 0.5) is 5.69 Å². The number of anilines is 1. The van der Waals surface area contributed by atoms with E-state index in [1.807, 2.05) is 17.5 Å². The Balaban J connectivity index is 1.99. The molecule has 0 saturated heterocycles. The van der Waals surface area contributed by atoms with Crippen LogP contribution in [-0.4, -0.2) is 37.3 Å². The number of benzene rings is 2. The Morgan fingerprint density at radius 1 is 1.08 bits per heavy atom. The average Bonchev–Trinajstić information content (AvgIpc) is 3.35. The van der Waals surface area contributed by atoms with E-state index in [0.717, 1.165) is 10.1 Å². The molecule has 3 rings (SSSR count). The van der Waals surface area contributed by atoms with Crippen LogP contribution >= 0.6 is 11.3 Å². The van der Waals surface area contributed by atoms with Crippen molar-refractivity contribution in [1.29, 1.82) is 10.5 Å². The van der Waals surface area contributed by atoms with E-state index in [1.54, 1.807) is 19.1 Å². The van der Waals surface area contributed by atoms with Gasteiger partial charge in [-0.2, -0.15) is 10.5 Å². The quantitative estimate of drug-likeness (QED) is 0.180. The number of thiophene rings is 1. The third-order valence-corrected chi connectivity index (χ3v) is 12.3. The molecule has 0 fully saturated rings. The maximum Gasteiger partial charge on any atom is 0.274 e. The molecule has 3 N–H and O–H groups in total. The zero-order chi connectivity index (χ0) is 27.5. The number of amides is 2. The summed E-state index contributed by atoms with van der Waals surface area (Å²) in [5.41, 5.74) is 1.76. The Labute approximate surface area is 222 Å². The number of hydrogen-bond acceptors (Lipinski definition) is 8. The number of imide groups is 1. The van der Waals surface area contributed by atoms with Crippen molar-refractivity contribution in [3.05, 3.63) is 64.5 Å². The highest BCUT2D eigenvalue weighted by Gasteiger charge is 2.42. The lowest BCUT2D eigenvalue weighted by Gasteiger charge is -2.40. The van der Waals surface area contributed by atoms with Gasteiger partial charge in [-0.15, -0.1) is 11.3 Å². The molecule has 0 spiro atoms. The molecular formula is C27H31N5O3SSi. The minimum absolute atomic E-state index is 0.107. The molecule has 0 saturated carbocycles. The van der Waals surface area contributed by atoms with Crippen LogP contribution in [0.3, 0.4) is 0 Å². The topological polar surface area (TPSA) is 132 Å². The lowest BCUT2D eigenvalue weighted by atomic mass is 10.1. The fourth-order valence-electron chi connectivity index (χ4n) is 3.61. The van der Waals surface area contributed by atoms with Crippen LogP contribution in [0.25, 0.3) is 10.1 Å². The fourth-order valence-corrected chi connectivity index (χ4v) is 5.91. The number of nitrogens with one attached hydrogen (secondary N) is 1. The first kappa shape index (κ1) is 28.0. The Kier molecular flexibility index (Phi) is 8.21. The number of nitrogens with zero attached hydrogens (tertiary/aromatic N) is 3. The molecule has 2 atom stereocenters. The number of carbonyl (C=O) groups is 2. The number of hydrogen-bond donors (Lipinski definition) is 2. The van der Waals surface area contributed by atoms with Gasteiger partial charge >= 0.3 is 0 Å². The van der Waals surface area contributed by atoms with E-state index in [4.69, 9.17) is 15.5 Å². The van der Waals surface area contributed by atoms with Gasteiger partial charge in [0.25, 0.3) is 11.8 Å². The lowest BCUT2D eigenvalue weighted by molar-refractivity contribution is -0.131. The Morgan fingerprint density at radius 3 is 2.30 bits per heavy atom.